The van der Waals surface area contributed by atoms with E-state index in [9.17, 15) is 4.79 Å². The highest BCUT2D eigenvalue weighted by atomic mass is 35.5. The molecule has 0 N–H and O–H groups in total. The molecule has 6 heteroatoms. The molecule has 3 aromatic rings. The maximum Gasteiger partial charge on any atom is 0.159 e. The van der Waals surface area contributed by atoms with E-state index in [4.69, 9.17) is 16.3 Å². The molecular weight excluding hydrogens is 376 g/mol. The van der Waals surface area contributed by atoms with E-state index in [1.54, 1.807) is 13.0 Å². The molecule has 27 heavy (non-hydrogen) atoms. The summed E-state index contributed by atoms with van der Waals surface area (Å²) in [6, 6.07) is 14.6. The second kappa shape index (κ2) is 7.96. The molecule has 3 rings (SSSR count). The van der Waals surface area contributed by atoms with E-state index in [1.807, 2.05) is 34.9 Å². The zero-order valence-corrected chi connectivity index (χ0v) is 18.0. The Hall–Kier alpha value is -1.95. The van der Waals surface area contributed by atoms with Crippen LogP contribution in [0.4, 0.5) is 0 Å². The summed E-state index contributed by atoms with van der Waals surface area (Å²) in [6.07, 6.45) is 0. The van der Waals surface area contributed by atoms with Gasteiger partial charge in [-0.1, -0.05) is 55.5 Å². The summed E-state index contributed by atoms with van der Waals surface area (Å²) in [5, 5.41) is 1.47. The second-order valence-corrected chi connectivity index (χ2v) is 14.0. The first-order valence-electron chi connectivity index (χ1n) is 9.09. The molecule has 4 nitrogen and oxygen atoms in total. The zero-order valence-electron chi connectivity index (χ0n) is 16.3. The van der Waals surface area contributed by atoms with Gasteiger partial charge in [-0.2, -0.15) is 0 Å². The largest absolute Gasteiger partial charge is 0.361 e. The predicted octanol–water partition coefficient (Wildman–Crippen LogP) is 5.87. The van der Waals surface area contributed by atoms with Crippen LogP contribution in [0.3, 0.4) is 0 Å². The molecule has 142 valence electrons. The van der Waals surface area contributed by atoms with Crippen molar-refractivity contribution in [3.8, 4) is 11.3 Å². The quantitative estimate of drug-likeness (QED) is 0.215. The van der Waals surface area contributed by atoms with Gasteiger partial charge in [-0.25, -0.2) is 4.98 Å². The minimum atomic E-state index is -1.14. The third-order valence-electron chi connectivity index (χ3n) is 4.51. The van der Waals surface area contributed by atoms with E-state index in [0.717, 1.165) is 34.9 Å². The molecule has 0 amide bonds. The summed E-state index contributed by atoms with van der Waals surface area (Å²) in [6.45, 7) is 9.74. The summed E-state index contributed by atoms with van der Waals surface area (Å²) in [7, 11) is -1.14. The number of halogens is 1. The minimum Gasteiger partial charge on any atom is -0.361 e. The molecule has 0 unspecified atom stereocenters. The van der Waals surface area contributed by atoms with E-state index in [1.165, 1.54) is 0 Å². The Balaban J connectivity index is 1.94. The Morgan fingerprint density at radius 2 is 1.85 bits per heavy atom. The van der Waals surface area contributed by atoms with Crippen molar-refractivity contribution in [1.82, 2.24) is 9.55 Å². The van der Waals surface area contributed by atoms with Crippen LogP contribution in [-0.2, 0) is 11.5 Å². The number of rotatable bonds is 7. The van der Waals surface area contributed by atoms with Crippen molar-refractivity contribution in [3.05, 3.63) is 53.2 Å². The Bertz CT molecular complexity index is 959. The first kappa shape index (κ1) is 19.8. The summed E-state index contributed by atoms with van der Waals surface area (Å²) in [5.74, 6) is 0.0604. The van der Waals surface area contributed by atoms with Gasteiger partial charge in [-0.05, 0) is 36.7 Å². The Kier molecular flexibility index (Phi) is 5.84. The molecule has 0 bridgehead atoms. The molecule has 0 saturated carbocycles. The number of pyridine rings is 1. The lowest BCUT2D eigenvalue weighted by Gasteiger charge is -2.16. The SMILES string of the molecule is CC(=O)c1ccc(-c2cc3ccc(Cl)nc3n2COCC[Si](C)(C)C)cc1. The fraction of sp³-hybridized carbons (Fsp3) is 0.333. The number of Topliss-reactive ketones (excluding diaryl/α,β-unsaturated/α-hetero) is 1. The molecule has 0 aliphatic carbocycles. The normalized spacial score (nSPS) is 11.9. The lowest BCUT2D eigenvalue weighted by atomic mass is 10.1. The lowest BCUT2D eigenvalue weighted by molar-refractivity contribution is 0.0909. The summed E-state index contributed by atoms with van der Waals surface area (Å²) in [4.78, 5) is 16.0. The number of carbonyl (C=O) groups is 1. The van der Waals surface area contributed by atoms with Gasteiger partial charge in [0.1, 0.15) is 17.5 Å². The molecule has 1 aromatic carbocycles. The van der Waals surface area contributed by atoms with Crippen molar-refractivity contribution in [3.63, 3.8) is 0 Å². The third kappa shape index (κ3) is 4.86. The van der Waals surface area contributed by atoms with E-state index in [2.05, 4.69) is 30.7 Å². The van der Waals surface area contributed by atoms with Gasteiger partial charge in [0.05, 0.1) is 5.69 Å². The molecule has 0 radical (unpaired) electrons. The maximum atomic E-state index is 11.5. The van der Waals surface area contributed by atoms with Gasteiger partial charge in [0.15, 0.2) is 5.78 Å². The Morgan fingerprint density at radius 3 is 2.48 bits per heavy atom. The van der Waals surface area contributed by atoms with E-state index >= 15 is 0 Å². The first-order chi connectivity index (χ1) is 12.7. The maximum absolute atomic E-state index is 11.5. The van der Waals surface area contributed by atoms with Gasteiger partial charge in [-0.3, -0.25) is 4.79 Å². The molecule has 2 heterocycles. The van der Waals surface area contributed by atoms with Gasteiger partial charge >= 0.3 is 0 Å². The van der Waals surface area contributed by atoms with E-state index in [0.29, 0.717) is 17.4 Å². The van der Waals surface area contributed by atoms with Crippen LogP contribution < -0.4 is 0 Å². The highest BCUT2D eigenvalue weighted by Gasteiger charge is 2.15. The molecule has 0 saturated heterocycles. The highest BCUT2D eigenvalue weighted by Crippen LogP contribution is 2.29. The molecule has 0 fully saturated rings. The van der Waals surface area contributed by atoms with Crippen molar-refractivity contribution in [1.29, 1.82) is 0 Å². The van der Waals surface area contributed by atoms with Crippen LogP contribution in [0.1, 0.15) is 17.3 Å². The second-order valence-electron chi connectivity index (χ2n) is 7.99. The van der Waals surface area contributed by atoms with Gasteiger partial charge in [-0.15, -0.1) is 0 Å². The smallest absolute Gasteiger partial charge is 0.159 e. The Morgan fingerprint density at radius 1 is 1.15 bits per heavy atom. The van der Waals surface area contributed by atoms with Crippen LogP contribution in [0.5, 0.6) is 0 Å². The topological polar surface area (TPSA) is 44.1 Å². The lowest BCUT2D eigenvalue weighted by Crippen LogP contribution is -2.22. The van der Waals surface area contributed by atoms with Crippen LogP contribution in [0, 0.1) is 0 Å². The number of ether oxygens (including phenoxy) is 1. The van der Waals surface area contributed by atoms with Crippen molar-refractivity contribution >= 4 is 36.5 Å². The molecule has 0 aliphatic heterocycles. The fourth-order valence-electron chi connectivity index (χ4n) is 2.88. The number of ketones is 1. The summed E-state index contributed by atoms with van der Waals surface area (Å²) < 4.78 is 8.04. The molecular formula is C21H25ClN2O2Si. The number of carbonyl (C=O) groups excluding carboxylic acids is 1. The summed E-state index contributed by atoms with van der Waals surface area (Å²) >= 11 is 6.13. The van der Waals surface area contributed by atoms with Crippen LogP contribution in [0.25, 0.3) is 22.3 Å². The van der Waals surface area contributed by atoms with Crippen molar-refractivity contribution in [2.75, 3.05) is 6.61 Å². The van der Waals surface area contributed by atoms with E-state index < -0.39 is 8.07 Å². The van der Waals surface area contributed by atoms with Crippen LogP contribution in [-0.4, -0.2) is 30.0 Å². The average Bonchev–Trinajstić information content (AvgIpc) is 2.96. The number of fused-ring (bicyclic) bond motifs is 1. The molecule has 0 atom stereocenters. The monoisotopic (exact) mass is 400 g/mol. The summed E-state index contributed by atoms with van der Waals surface area (Å²) in [5.41, 5.74) is 3.53. The fourth-order valence-corrected chi connectivity index (χ4v) is 3.78. The van der Waals surface area contributed by atoms with Crippen molar-refractivity contribution < 1.29 is 9.53 Å². The third-order valence-corrected chi connectivity index (χ3v) is 6.43. The zero-order chi connectivity index (χ0) is 19.6. The van der Waals surface area contributed by atoms with Gasteiger partial charge < -0.3 is 9.30 Å². The predicted molar refractivity (Wildman–Crippen MR) is 114 cm³/mol. The minimum absolute atomic E-state index is 0.0604. The van der Waals surface area contributed by atoms with E-state index in [-0.39, 0.29) is 5.78 Å². The van der Waals surface area contributed by atoms with Gasteiger partial charge in [0, 0.05) is 25.6 Å². The first-order valence-corrected chi connectivity index (χ1v) is 13.2. The number of benzene rings is 1. The van der Waals surface area contributed by atoms with Gasteiger partial charge in [0.25, 0.3) is 0 Å². The van der Waals surface area contributed by atoms with Crippen LogP contribution in [0.15, 0.2) is 42.5 Å². The number of aromatic nitrogens is 2. The highest BCUT2D eigenvalue weighted by molar-refractivity contribution is 6.76. The van der Waals surface area contributed by atoms with Crippen LogP contribution >= 0.6 is 11.6 Å². The van der Waals surface area contributed by atoms with Crippen molar-refractivity contribution in [2.45, 2.75) is 39.3 Å². The number of hydrogen-bond donors (Lipinski definition) is 0. The number of nitrogens with zero attached hydrogens (tertiary/aromatic N) is 2. The standard InChI is InChI=1S/C21H25ClN2O2Si/c1-15(25)16-5-7-17(8-6-16)19-13-18-9-10-20(22)23-21(18)24(19)14-26-11-12-27(2,3)4/h5-10,13H,11-12,14H2,1-4H3. The van der Waals surface area contributed by atoms with Crippen LogP contribution in [0.2, 0.25) is 30.8 Å². The number of hydrogen-bond acceptors (Lipinski definition) is 3. The van der Waals surface area contributed by atoms with Crippen molar-refractivity contribution in [2.24, 2.45) is 0 Å². The average molecular weight is 401 g/mol. The molecule has 0 aliphatic rings. The molecule has 2 aromatic heterocycles. The molecule has 0 spiro atoms. The van der Waals surface area contributed by atoms with Gasteiger partial charge in [0.2, 0.25) is 0 Å². The Labute approximate surface area is 166 Å².